The van der Waals surface area contributed by atoms with E-state index >= 15 is 0 Å². The average molecular weight is 225 g/mol. The smallest absolute Gasteiger partial charge is 0.370 e. The quantitative estimate of drug-likeness (QED) is 0.542. The number of halogens is 3. The molecular formula is C8H14F3N3O. The number of guanidine groups is 1. The molecule has 0 aliphatic carbocycles. The second-order valence-corrected chi connectivity index (χ2v) is 3.48. The maximum atomic E-state index is 12.8. The van der Waals surface area contributed by atoms with Gasteiger partial charge in [-0.1, -0.05) is 0 Å². The standard InChI is InChI=1S/C8H14F3N3O/c1-2-15-7(8(9,10)11)3-4-14(5-7)6(12)13/h2-5H2,1H3,(H3,12,13)/t7-/m1/s1. The number of ether oxygens (including phenoxy) is 1. The Labute approximate surface area is 85.7 Å². The molecular weight excluding hydrogens is 211 g/mol. The Morgan fingerprint density at radius 1 is 1.60 bits per heavy atom. The molecule has 1 saturated heterocycles. The van der Waals surface area contributed by atoms with E-state index in [2.05, 4.69) is 0 Å². The van der Waals surface area contributed by atoms with E-state index in [4.69, 9.17) is 15.9 Å². The summed E-state index contributed by atoms with van der Waals surface area (Å²) in [5.41, 5.74) is 2.99. The number of hydrogen-bond acceptors (Lipinski definition) is 2. The summed E-state index contributed by atoms with van der Waals surface area (Å²) in [5, 5.41) is 7.09. The van der Waals surface area contributed by atoms with Crippen LogP contribution < -0.4 is 5.73 Å². The fourth-order valence-corrected chi connectivity index (χ4v) is 1.69. The lowest BCUT2D eigenvalue weighted by Gasteiger charge is -2.31. The van der Waals surface area contributed by atoms with E-state index in [1.165, 1.54) is 11.8 Å². The second-order valence-electron chi connectivity index (χ2n) is 3.48. The first-order valence-corrected chi connectivity index (χ1v) is 4.62. The van der Waals surface area contributed by atoms with Gasteiger partial charge in [0.25, 0.3) is 0 Å². The van der Waals surface area contributed by atoms with Crippen LogP contribution in [0.25, 0.3) is 0 Å². The number of nitrogens with one attached hydrogen (secondary N) is 1. The van der Waals surface area contributed by atoms with Crippen LogP contribution in [0.4, 0.5) is 13.2 Å². The molecule has 0 aromatic heterocycles. The van der Waals surface area contributed by atoms with Gasteiger partial charge in [0, 0.05) is 19.6 Å². The van der Waals surface area contributed by atoms with Crippen LogP contribution in [0.15, 0.2) is 0 Å². The molecule has 0 saturated carbocycles. The van der Waals surface area contributed by atoms with Gasteiger partial charge < -0.3 is 15.4 Å². The van der Waals surface area contributed by atoms with E-state index in [1.54, 1.807) is 0 Å². The minimum Gasteiger partial charge on any atom is -0.370 e. The zero-order chi connectivity index (χ0) is 11.7. The highest BCUT2D eigenvalue weighted by Gasteiger charge is 2.59. The molecule has 15 heavy (non-hydrogen) atoms. The predicted octanol–water partition coefficient (Wildman–Crippen LogP) is 0.923. The minimum absolute atomic E-state index is 0.00868. The number of nitrogens with two attached hydrogens (primary N) is 1. The Balaban J connectivity index is 2.83. The van der Waals surface area contributed by atoms with Gasteiger partial charge >= 0.3 is 6.18 Å². The van der Waals surface area contributed by atoms with Gasteiger partial charge in [-0.05, 0) is 6.92 Å². The normalized spacial score (nSPS) is 27.1. The third kappa shape index (κ3) is 2.17. The zero-order valence-corrected chi connectivity index (χ0v) is 8.40. The fraction of sp³-hybridized carbons (Fsp3) is 0.875. The lowest BCUT2D eigenvalue weighted by atomic mass is 10.0. The van der Waals surface area contributed by atoms with Crippen molar-refractivity contribution in [2.75, 3.05) is 19.7 Å². The van der Waals surface area contributed by atoms with Crippen molar-refractivity contribution in [2.24, 2.45) is 5.73 Å². The summed E-state index contributed by atoms with van der Waals surface area (Å²) >= 11 is 0. The lowest BCUT2D eigenvalue weighted by Crippen LogP contribution is -2.51. The van der Waals surface area contributed by atoms with Crippen LogP contribution >= 0.6 is 0 Å². The molecule has 0 bridgehead atoms. The SMILES string of the molecule is CCO[C@]1(C(F)(F)F)CCN(C(=N)N)C1. The number of rotatable bonds is 2. The number of hydrogen-bond donors (Lipinski definition) is 2. The first kappa shape index (κ1) is 12.1. The predicted molar refractivity (Wildman–Crippen MR) is 48.5 cm³/mol. The molecule has 0 amide bonds. The number of nitrogens with zero attached hydrogens (tertiary/aromatic N) is 1. The third-order valence-corrected chi connectivity index (χ3v) is 2.51. The summed E-state index contributed by atoms with van der Waals surface area (Å²) in [5.74, 6) is -0.346. The molecule has 3 N–H and O–H groups in total. The first-order chi connectivity index (χ1) is 6.82. The van der Waals surface area contributed by atoms with E-state index in [0.29, 0.717) is 0 Å². The highest BCUT2D eigenvalue weighted by Crippen LogP contribution is 2.40. The molecule has 0 aromatic carbocycles. The second kappa shape index (κ2) is 3.88. The average Bonchev–Trinajstić information content (AvgIpc) is 2.49. The monoisotopic (exact) mass is 225 g/mol. The topological polar surface area (TPSA) is 62.3 Å². The van der Waals surface area contributed by atoms with Crippen molar-refractivity contribution >= 4 is 5.96 Å². The Kier molecular flexibility index (Phi) is 3.13. The maximum absolute atomic E-state index is 12.8. The highest BCUT2D eigenvalue weighted by molar-refractivity contribution is 5.75. The Bertz CT molecular complexity index is 256. The van der Waals surface area contributed by atoms with Gasteiger partial charge in [-0.2, -0.15) is 13.2 Å². The molecule has 1 fully saturated rings. The molecule has 88 valence electrons. The van der Waals surface area contributed by atoms with Gasteiger partial charge in [-0.3, -0.25) is 5.41 Å². The minimum atomic E-state index is -4.42. The summed E-state index contributed by atoms with van der Waals surface area (Å²) < 4.78 is 43.1. The third-order valence-electron chi connectivity index (χ3n) is 2.51. The molecule has 7 heteroatoms. The van der Waals surface area contributed by atoms with Crippen LogP contribution in [0.5, 0.6) is 0 Å². The number of alkyl halides is 3. The van der Waals surface area contributed by atoms with Crippen molar-refractivity contribution in [1.82, 2.24) is 4.90 Å². The molecule has 0 spiro atoms. The van der Waals surface area contributed by atoms with Gasteiger partial charge in [-0.15, -0.1) is 0 Å². The van der Waals surface area contributed by atoms with E-state index in [1.807, 2.05) is 0 Å². The maximum Gasteiger partial charge on any atom is 0.419 e. The van der Waals surface area contributed by atoms with Crippen molar-refractivity contribution < 1.29 is 17.9 Å². The summed E-state index contributed by atoms with van der Waals surface area (Å²) in [4.78, 5) is 1.17. The van der Waals surface area contributed by atoms with Crippen LogP contribution in [-0.4, -0.2) is 42.3 Å². The van der Waals surface area contributed by atoms with Gasteiger partial charge in [-0.25, -0.2) is 0 Å². The van der Waals surface area contributed by atoms with Crippen molar-refractivity contribution in [1.29, 1.82) is 5.41 Å². The molecule has 0 aromatic rings. The van der Waals surface area contributed by atoms with Crippen LogP contribution in [0, 0.1) is 5.41 Å². The van der Waals surface area contributed by atoms with Crippen LogP contribution in [0.3, 0.4) is 0 Å². The van der Waals surface area contributed by atoms with Crippen molar-refractivity contribution in [3.63, 3.8) is 0 Å². The van der Waals surface area contributed by atoms with Gasteiger partial charge in [0.05, 0.1) is 6.54 Å². The fourth-order valence-electron chi connectivity index (χ4n) is 1.69. The molecule has 1 aliphatic rings. The summed E-state index contributed by atoms with van der Waals surface area (Å²) in [6.45, 7) is 1.23. The summed E-state index contributed by atoms with van der Waals surface area (Å²) in [7, 11) is 0. The molecule has 1 rings (SSSR count). The van der Waals surface area contributed by atoms with Gasteiger partial charge in [0.1, 0.15) is 0 Å². The van der Waals surface area contributed by atoms with Crippen molar-refractivity contribution in [3.8, 4) is 0 Å². The molecule has 1 atom stereocenters. The van der Waals surface area contributed by atoms with Crippen molar-refractivity contribution in [3.05, 3.63) is 0 Å². The molecule has 0 unspecified atom stereocenters. The Morgan fingerprint density at radius 3 is 2.53 bits per heavy atom. The highest BCUT2D eigenvalue weighted by atomic mass is 19.4. The van der Waals surface area contributed by atoms with Crippen LogP contribution in [0.1, 0.15) is 13.3 Å². The van der Waals surface area contributed by atoms with Gasteiger partial charge in [0.15, 0.2) is 11.6 Å². The van der Waals surface area contributed by atoms with Crippen molar-refractivity contribution in [2.45, 2.75) is 25.1 Å². The van der Waals surface area contributed by atoms with E-state index in [0.717, 1.165) is 0 Å². The molecule has 0 radical (unpaired) electrons. The van der Waals surface area contributed by atoms with Crippen LogP contribution in [-0.2, 0) is 4.74 Å². The summed E-state index contributed by atoms with van der Waals surface area (Å²) in [6, 6.07) is 0. The van der Waals surface area contributed by atoms with E-state index < -0.39 is 11.8 Å². The molecule has 4 nitrogen and oxygen atoms in total. The Hall–Kier alpha value is -0.980. The van der Waals surface area contributed by atoms with E-state index in [-0.39, 0.29) is 32.1 Å². The zero-order valence-electron chi connectivity index (χ0n) is 8.40. The van der Waals surface area contributed by atoms with Crippen LogP contribution in [0.2, 0.25) is 0 Å². The molecule has 1 heterocycles. The molecule has 1 aliphatic heterocycles. The van der Waals surface area contributed by atoms with Gasteiger partial charge in [0.2, 0.25) is 0 Å². The largest absolute Gasteiger partial charge is 0.419 e. The lowest BCUT2D eigenvalue weighted by molar-refractivity contribution is -0.270. The Morgan fingerprint density at radius 2 is 2.20 bits per heavy atom. The summed E-state index contributed by atoms with van der Waals surface area (Å²) in [6.07, 6.45) is -4.60. The van der Waals surface area contributed by atoms with E-state index in [9.17, 15) is 13.2 Å². The number of likely N-dealkylation sites (tertiary alicyclic amines) is 1. The first-order valence-electron chi connectivity index (χ1n) is 4.62.